The number of fused-ring (bicyclic) bond motifs is 1. The van der Waals surface area contributed by atoms with Crippen molar-refractivity contribution in [3.63, 3.8) is 0 Å². The summed E-state index contributed by atoms with van der Waals surface area (Å²) in [6.07, 6.45) is 0.273. The maximum Gasteiger partial charge on any atom is 0.318 e. The van der Waals surface area contributed by atoms with Gasteiger partial charge >= 0.3 is 5.97 Å². The molecule has 0 bridgehead atoms. The van der Waals surface area contributed by atoms with Crippen LogP contribution in [0.1, 0.15) is 22.8 Å². The summed E-state index contributed by atoms with van der Waals surface area (Å²) in [5.41, 5.74) is 1.40. The molecule has 8 heteroatoms. The van der Waals surface area contributed by atoms with Gasteiger partial charge < -0.3 is 23.8 Å². The van der Waals surface area contributed by atoms with Crippen LogP contribution in [0.5, 0.6) is 17.2 Å². The predicted octanol–water partition coefficient (Wildman–Crippen LogP) is 3.06. The number of hydrogen-bond acceptors (Lipinski definition) is 7. The Morgan fingerprint density at radius 2 is 1.86 bits per heavy atom. The Bertz CT molecular complexity index is 879. The third-order valence-electron chi connectivity index (χ3n) is 5.03. The number of esters is 1. The van der Waals surface area contributed by atoms with E-state index in [0.717, 1.165) is 10.4 Å². The summed E-state index contributed by atoms with van der Waals surface area (Å²) in [7, 11) is 7.54. The average Bonchev–Trinajstić information content (AvgIpc) is 3.22. The van der Waals surface area contributed by atoms with Gasteiger partial charge in [-0.3, -0.25) is 9.59 Å². The quantitative estimate of drug-likeness (QED) is 0.562. The second-order valence-electron chi connectivity index (χ2n) is 6.35. The van der Waals surface area contributed by atoms with Crippen molar-refractivity contribution in [3.05, 3.63) is 34.0 Å². The van der Waals surface area contributed by atoms with Crippen molar-refractivity contribution in [2.75, 3.05) is 40.4 Å². The number of carbonyl (C=O) groups excluding carboxylic acids is 2. The van der Waals surface area contributed by atoms with Gasteiger partial charge in [-0.25, -0.2) is 0 Å². The second-order valence-corrected chi connectivity index (χ2v) is 7.33. The van der Waals surface area contributed by atoms with Gasteiger partial charge in [-0.15, -0.1) is 11.3 Å². The molecule has 2 aromatic rings. The van der Waals surface area contributed by atoms with Crippen molar-refractivity contribution in [1.82, 2.24) is 0 Å². The molecule has 0 radical (unpaired) electrons. The minimum atomic E-state index is -0.920. The third kappa shape index (κ3) is 3.17. The smallest absolute Gasteiger partial charge is 0.318 e. The summed E-state index contributed by atoms with van der Waals surface area (Å²) >= 11 is 1.56. The van der Waals surface area contributed by atoms with Crippen molar-refractivity contribution < 1.29 is 28.5 Å². The van der Waals surface area contributed by atoms with E-state index >= 15 is 0 Å². The number of carbonyl (C=O) groups is 2. The Morgan fingerprint density at radius 3 is 2.39 bits per heavy atom. The van der Waals surface area contributed by atoms with Crippen LogP contribution >= 0.6 is 11.3 Å². The maximum atomic E-state index is 13.1. The van der Waals surface area contributed by atoms with Crippen LogP contribution in [0.15, 0.2) is 23.6 Å². The lowest BCUT2D eigenvalue weighted by molar-refractivity contribution is -0.149. The minimum Gasteiger partial charge on any atom is -0.493 e. The lowest BCUT2D eigenvalue weighted by atomic mass is 9.87. The Morgan fingerprint density at radius 1 is 1.14 bits per heavy atom. The van der Waals surface area contributed by atoms with E-state index in [0.29, 0.717) is 22.9 Å². The van der Waals surface area contributed by atoms with Crippen LogP contribution in [0.2, 0.25) is 0 Å². The molecule has 2 heterocycles. The first-order valence-electron chi connectivity index (χ1n) is 8.70. The van der Waals surface area contributed by atoms with E-state index in [1.165, 1.54) is 26.2 Å². The number of nitrogens with zero attached hydrogens (tertiary/aromatic N) is 1. The van der Waals surface area contributed by atoms with Crippen molar-refractivity contribution in [2.45, 2.75) is 12.3 Å². The highest BCUT2D eigenvalue weighted by atomic mass is 32.1. The van der Waals surface area contributed by atoms with Gasteiger partial charge in [0.15, 0.2) is 11.5 Å². The van der Waals surface area contributed by atoms with E-state index in [1.54, 1.807) is 31.6 Å². The molecule has 1 amide bonds. The number of amides is 1. The summed E-state index contributed by atoms with van der Waals surface area (Å²) in [5.74, 6) is -0.674. The molecule has 1 aromatic carbocycles. The third-order valence-corrected chi connectivity index (χ3v) is 6.01. The molecule has 0 unspecified atom stereocenters. The van der Waals surface area contributed by atoms with Gasteiger partial charge in [0, 0.05) is 29.5 Å². The molecule has 0 spiro atoms. The highest BCUT2D eigenvalue weighted by Crippen LogP contribution is 2.53. The zero-order valence-corrected chi connectivity index (χ0v) is 17.3. The lowest BCUT2D eigenvalue weighted by Crippen LogP contribution is -2.36. The zero-order chi connectivity index (χ0) is 20.4. The van der Waals surface area contributed by atoms with E-state index in [-0.39, 0.29) is 18.2 Å². The fraction of sp³-hybridized carbons (Fsp3) is 0.400. The van der Waals surface area contributed by atoms with Gasteiger partial charge in [0.2, 0.25) is 11.7 Å². The second kappa shape index (κ2) is 8.10. The number of rotatable bonds is 5. The highest BCUT2D eigenvalue weighted by molar-refractivity contribution is 7.10. The van der Waals surface area contributed by atoms with Gasteiger partial charge in [0.1, 0.15) is 5.92 Å². The Balaban J connectivity index is 2.33. The number of hydrogen-bond donors (Lipinski definition) is 0. The SMILES string of the molecule is COC(=O)[C@H]1C[C@@H](c2cccs2)c2c(cc(OC)c(OC)c2OC)N(C)C1=O. The van der Waals surface area contributed by atoms with E-state index in [2.05, 4.69) is 0 Å². The Labute approximate surface area is 167 Å². The van der Waals surface area contributed by atoms with Crippen LogP contribution in [0, 0.1) is 5.92 Å². The van der Waals surface area contributed by atoms with Gasteiger partial charge in [0.25, 0.3) is 0 Å². The minimum absolute atomic E-state index is 0.247. The van der Waals surface area contributed by atoms with Crippen LogP contribution in [-0.4, -0.2) is 47.4 Å². The molecule has 1 aliphatic rings. The van der Waals surface area contributed by atoms with Crippen molar-refractivity contribution in [2.24, 2.45) is 5.92 Å². The fourth-order valence-electron chi connectivity index (χ4n) is 3.67. The molecule has 1 aromatic heterocycles. The van der Waals surface area contributed by atoms with Crippen LogP contribution in [0.25, 0.3) is 0 Å². The van der Waals surface area contributed by atoms with Gasteiger partial charge in [-0.1, -0.05) is 6.07 Å². The molecule has 150 valence electrons. The topological polar surface area (TPSA) is 74.3 Å². The molecule has 0 aliphatic carbocycles. The predicted molar refractivity (Wildman–Crippen MR) is 106 cm³/mol. The van der Waals surface area contributed by atoms with E-state index < -0.39 is 11.9 Å². The number of ether oxygens (including phenoxy) is 4. The standard InChI is InChI=1S/C20H23NO6S/c1-21-13-10-14(24-2)17(25-3)18(26-4)16(13)11(15-7-6-8-28-15)9-12(19(21)22)20(23)27-5/h6-8,10-12H,9H2,1-5H3/t11-,12-/m0/s1. The molecule has 1 aliphatic heterocycles. The van der Waals surface area contributed by atoms with Crippen molar-refractivity contribution in [3.8, 4) is 17.2 Å². The van der Waals surface area contributed by atoms with E-state index in [1.807, 2.05) is 17.5 Å². The monoisotopic (exact) mass is 405 g/mol. The van der Waals surface area contributed by atoms with E-state index in [9.17, 15) is 9.59 Å². The van der Waals surface area contributed by atoms with Gasteiger partial charge in [-0.05, 0) is 17.9 Å². The normalized spacial score (nSPS) is 18.9. The van der Waals surface area contributed by atoms with Crippen molar-refractivity contribution in [1.29, 1.82) is 0 Å². The lowest BCUT2D eigenvalue weighted by Gasteiger charge is -2.25. The molecule has 0 N–H and O–H groups in total. The fourth-order valence-corrected chi connectivity index (χ4v) is 4.52. The number of thiophene rings is 1. The van der Waals surface area contributed by atoms with Gasteiger partial charge in [-0.2, -0.15) is 0 Å². The summed E-state index contributed by atoms with van der Waals surface area (Å²) in [6, 6.07) is 5.67. The van der Waals surface area contributed by atoms with Gasteiger partial charge in [0.05, 0.1) is 34.1 Å². The Kier molecular flexibility index (Phi) is 5.79. The molecule has 3 rings (SSSR count). The van der Waals surface area contributed by atoms with Crippen LogP contribution < -0.4 is 19.1 Å². The zero-order valence-electron chi connectivity index (χ0n) is 16.5. The largest absolute Gasteiger partial charge is 0.493 e. The number of anilines is 1. The first-order valence-corrected chi connectivity index (χ1v) is 9.58. The highest BCUT2D eigenvalue weighted by Gasteiger charge is 2.42. The summed E-state index contributed by atoms with van der Waals surface area (Å²) in [5, 5.41) is 1.96. The molecule has 0 fully saturated rings. The average molecular weight is 405 g/mol. The summed E-state index contributed by atoms with van der Waals surface area (Å²) in [6.45, 7) is 0. The Hall–Kier alpha value is -2.74. The van der Waals surface area contributed by atoms with Crippen LogP contribution in [-0.2, 0) is 14.3 Å². The summed E-state index contributed by atoms with van der Waals surface area (Å²) in [4.78, 5) is 28.0. The van der Waals surface area contributed by atoms with Crippen molar-refractivity contribution >= 4 is 28.9 Å². The molecule has 0 saturated heterocycles. The molecule has 2 atom stereocenters. The maximum absolute atomic E-state index is 13.1. The molecule has 28 heavy (non-hydrogen) atoms. The van der Waals surface area contributed by atoms with Crippen LogP contribution in [0.3, 0.4) is 0 Å². The molecule has 7 nitrogen and oxygen atoms in total. The molecular formula is C20H23NO6S. The summed E-state index contributed by atoms with van der Waals surface area (Å²) < 4.78 is 21.6. The van der Waals surface area contributed by atoms with E-state index in [4.69, 9.17) is 18.9 Å². The first kappa shape index (κ1) is 20.0. The van der Waals surface area contributed by atoms with Crippen LogP contribution in [0.4, 0.5) is 5.69 Å². The molecule has 0 saturated carbocycles. The number of methoxy groups -OCH3 is 4. The number of benzene rings is 1. The molecular weight excluding hydrogens is 382 g/mol. The first-order chi connectivity index (χ1) is 13.5.